The summed E-state index contributed by atoms with van der Waals surface area (Å²) < 4.78 is 6.82. The fourth-order valence-electron chi connectivity index (χ4n) is 14.6. The van der Waals surface area contributed by atoms with Crippen molar-refractivity contribution in [1.82, 2.24) is 0 Å². The molecule has 9 aromatic rings. The third-order valence-electron chi connectivity index (χ3n) is 20.4. The first kappa shape index (κ1) is 62.8. The number of hydrogen-bond donors (Lipinski definition) is 0. The van der Waals surface area contributed by atoms with Crippen molar-refractivity contribution in [3.8, 4) is 33.8 Å². The fraction of sp³-hybridized carbons (Fsp3) is 0.400. The van der Waals surface area contributed by atoms with Crippen molar-refractivity contribution >= 4 is 72.1 Å². The van der Waals surface area contributed by atoms with E-state index in [0.717, 1.165) is 16.6 Å². The molecule has 0 atom stereocenters. The van der Waals surface area contributed by atoms with Gasteiger partial charge in [0.1, 0.15) is 21.1 Å². The molecule has 0 aliphatic rings. The molecule has 0 saturated heterocycles. The predicted molar refractivity (Wildman–Crippen MR) is 364 cm³/mol. The molecule has 6 heteroatoms. The topological polar surface area (TPSA) is 11.6 Å². The Hall–Kier alpha value is -5.80. The van der Waals surface area contributed by atoms with E-state index >= 15 is 0 Å². The average molecular weight is 1130 g/mol. The minimum absolute atomic E-state index is 0.765. The van der Waals surface area contributed by atoms with E-state index in [1.165, 1.54) is 136 Å². The van der Waals surface area contributed by atoms with E-state index in [1.54, 1.807) is 15.6 Å². The molecule has 3 heterocycles. The fourth-order valence-corrected chi connectivity index (χ4v) is 28.0. The van der Waals surface area contributed by atoms with E-state index in [-0.39, 0.29) is 0 Å². The highest BCUT2D eigenvalue weighted by Gasteiger charge is 2.38. The maximum Gasteiger partial charge on any atom is 0.220 e. The smallest absolute Gasteiger partial charge is 0.200 e. The van der Waals surface area contributed by atoms with E-state index in [1.807, 2.05) is 0 Å². The van der Waals surface area contributed by atoms with Gasteiger partial charge < -0.3 is 0 Å². The van der Waals surface area contributed by atoms with Crippen molar-refractivity contribution in [1.29, 1.82) is 0 Å². The quantitative estimate of drug-likeness (QED) is 0.0716. The number of pyridine rings is 3. The normalized spacial score (nSPS) is 12.1. The molecule has 0 saturated carbocycles. The molecule has 0 aliphatic heterocycles. The minimum Gasteiger partial charge on any atom is -0.200 e. The van der Waals surface area contributed by atoms with Gasteiger partial charge in [0.05, 0.1) is 45.9 Å². The second-order valence-corrected chi connectivity index (χ2v) is 41.5. The lowest BCUT2D eigenvalue weighted by atomic mass is 9.94. The van der Waals surface area contributed by atoms with Gasteiger partial charge in [0.2, 0.25) is 17.1 Å². The van der Waals surface area contributed by atoms with Crippen molar-refractivity contribution in [2.75, 3.05) is 0 Å². The Morgan fingerprint density at radius 3 is 1.05 bits per heavy atom. The molecule has 3 nitrogen and oxygen atoms in total. The van der Waals surface area contributed by atoms with Crippen LogP contribution in [-0.4, -0.2) is 24.2 Å². The van der Waals surface area contributed by atoms with E-state index in [9.17, 15) is 0 Å². The minimum atomic E-state index is -1.46. The molecule has 0 fully saturated rings. The molecular weight excluding hydrogens is 1030 g/mol. The molecule has 3 aromatic heterocycles. The Morgan fingerprint density at radius 2 is 0.679 bits per heavy atom. The molecule has 0 spiro atoms. The van der Waals surface area contributed by atoms with Crippen LogP contribution < -0.4 is 29.3 Å². The first-order valence-electron chi connectivity index (χ1n) is 31.0. The molecule has 0 bridgehead atoms. The van der Waals surface area contributed by atoms with Crippen LogP contribution in [0.15, 0.2) is 146 Å². The number of rotatable bonds is 15. The van der Waals surface area contributed by atoms with E-state index in [0.29, 0.717) is 0 Å². The molecule has 0 unspecified atom stereocenters. The monoisotopic (exact) mass is 1130 g/mol. The zero-order valence-electron chi connectivity index (χ0n) is 54.2. The molecule has 81 heavy (non-hydrogen) atoms. The highest BCUT2D eigenvalue weighted by atomic mass is 28.3. The summed E-state index contributed by atoms with van der Waals surface area (Å²) in [5.74, 6) is 0. The lowest BCUT2D eigenvalue weighted by molar-refractivity contribution is -0.659. The third-order valence-corrected chi connectivity index (χ3v) is 38.9. The van der Waals surface area contributed by atoms with Gasteiger partial charge in [-0.25, -0.2) is 13.7 Å². The van der Waals surface area contributed by atoms with E-state index in [4.69, 9.17) is 0 Å². The largest absolute Gasteiger partial charge is 0.220 e. The van der Waals surface area contributed by atoms with Crippen LogP contribution >= 0.6 is 0 Å². The number of nitrogens with zero attached hydrogens (tertiary/aromatic N) is 3. The first-order valence-corrected chi connectivity index (χ1v) is 38.5. The Labute approximate surface area is 494 Å². The Balaban J connectivity index is 0.000000175. The van der Waals surface area contributed by atoms with Crippen molar-refractivity contribution < 1.29 is 13.7 Å². The van der Waals surface area contributed by atoms with Crippen LogP contribution in [0, 0.1) is 41.5 Å². The lowest BCUT2D eigenvalue weighted by Gasteiger charge is -2.34. The standard InChI is InChI=1S/C26H36NSi.C25H34NSi.C24H32NSi/c1-9-28(10-2,18(3)4)23-11-12-24-22(17-23)13-14-27(8)26(24)25-16-19(5)15-20(6)21(25)7;1-8-27(9-2,18(3)4)22-12-13-23-21(17-22)14-15-26(7)25(23)24-16-19(5)10-11-20(24)6;1-7-26(8-2,18(3)4)21-13-14-23-20(17-21)15-16-25(6)24(23)22-12-10-9-11-19(22)5/h11-18H,9-10H2,1-8H3;10-18H,8-9H2,1-7H3;9-18H,7-8H2,1-6H3/q3*+1. The maximum atomic E-state index is 2.51. The highest BCUT2D eigenvalue weighted by Crippen LogP contribution is 2.36. The second kappa shape index (κ2) is 26.2. The van der Waals surface area contributed by atoms with Crippen LogP contribution in [-0.2, 0) is 21.1 Å². The number of aryl methyl sites for hydroxylation is 8. The Kier molecular flexibility index (Phi) is 20.3. The van der Waals surface area contributed by atoms with Gasteiger partial charge in [-0.1, -0.05) is 219 Å². The molecule has 9 rings (SSSR count). The molecule has 0 aliphatic carbocycles. The second-order valence-electron chi connectivity index (χ2n) is 25.2. The Bertz CT molecular complexity index is 3670. The van der Waals surface area contributed by atoms with Gasteiger partial charge in [-0.05, 0) is 133 Å². The van der Waals surface area contributed by atoms with Gasteiger partial charge in [-0.15, -0.1) is 0 Å². The van der Waals surface area contributed by atoms with Gasteiger partial charge >= 0.3 is 0 Å². The third kappa shape index (κ3) is 12.2. The van der Waals surface area contributed by atoms with Crippen molar-refractivity contribution in [2.45, 2.75) is 178 Å². The van der Waals surface area contributed by atoms with E-state index < -0.39 is 24.2 Å². The first-order chi connectivity index (χ1) is 38.5. The molecule has 0 radical (unpaired) electrons. The molecular formula is C75H102N3Si3+3. The summed E-state index contributed by atoms with van der Waals surface area (Å²) in [6.45, 7) is 42.2. The SMILES string of the molecule is CC[Si](CC)(c1ccc2c(-c3cc(C)cc(C)c3C)[n+](C)ccc2c1)C(C)C.CC[Si](CC)(c1ccc2c(-c3cc(C)ccc3C)[n+](C)ccc2c1)C(C)C.CC[Si](CC)(c1ccc2c(-c3ccccc3C)[n+](C)ccc2c1)C(C)C. The predicted octanol–water partition coefficient (Wildman–Crippen LogP) is 18.2. The molecule has 0 amide bonds. The van der Waals surface area contributed by atoms with Crippen LogP contribution in [0.1, 0.15) is 116 Å². The lowest BCUT2D eigenvalue weighted by Crippen LogP contribution is -2.49. The summed E-state index contributed by atoms with van der Waals surface area (Å²) in [6, 6.07) is 56.8. The van der Waals surface area contributed by atoms with Gasteiger partial charge in [0.15, 0.2) is 18.6 Å². The Morgan fingerprint density at radius 1 is 0.333 bits per heavy atom. The molecule has 6 aromatic carbocycles. The van der Waals surface area contributed by atoms with Crippen LogP contribution in [0.4, 0.5) is 0 Å². The summed E-state index contributed by atoms with van der Waals surface area (Å²) in [7, 11) is 2.13. The van der Waals surface area contributed by atoms with E-state index in [2.05, 4.69) is 305 Å². The zero-order valence-corrected chi connectivity index (χ0v) is 57.2. The summed E-state index contributed by atoms with van der Waals surface area (Å²) in [6.07, 6.45) is 6.67. The number of benzene rings is 6. The molecule has 0 N–H and O–H groups in total. The molecule has 426 valence electrons. The van der Waals surface area contributed by atoms with Crippen molar-refractivity contribution in [3.05, 3.63) is 179 Å². The van der Waals surface area contributed by atoms with Gasteiger partial charge in [0, 0.05) is 29.3 Å². The number of hydrogen-bond acceptors (Lipinski definition) is 0. The maximum absolute atomic E-state index is 2.51. The summed E-state index contributed by atoms with van der Waals surface area (Å²) >= 11 is 0. The van der Waals surface area contributed by atoms with Crippen LogP contribution in [0.2, 0.25) is 52.9 Å². The van der Waals surface area contributed by atoms with Gasteiger partial charge in [-0.3, -0.25) is 0 Å². The summed E-state index contributed by atoms with van der Waals surface area (Å²) in [5, 5.41) is 13.1. The average Bonchev–Trinajstić information content (AvgIpc) is 3.65. The summed E-state index contributed by atoms with van der Waals surface area (Å²) in [5.41, 5.74) is 18.3. The van der Waals surface area contributed by atoms with Gasteiger partial charge in [-0.2, -0.15) is 0 Å². The number of aromatic nitrogens is 3. The van der Waals surface area contributed by atoms with Crippen LogP contribution in [0.3, 0.4) is 0 Å². The van der Waals surface area contributed by atoms with Crippen LogP contribution in [0.25, 0.3) is 66.1 Å². The van der Waals surface area contributed by atoms with Crippen molar-refractivity contribution in [2.24, 2.45) is 21.1 Å². The van der Waals surface area contributed by atoms with Crippen LogP contribution in [0.5, 0.6) is 0 Å². The summed E-state index contributed by atoms with van der Waals surface area (Å²) in [4.78, 5) is 0. The zero-order chi connectivity index (χ0) is 59.3. The van der Waals surface area contributed by atoms with Gasteiger partial charge in [0.25, 0.3) is 0 Å². The number of fused-ring (bicyclic) bond motifs is 3. The van der Waals surface area contributed by atoms with Crippen molar-refractivity contribution in [3.63, 3.8) is 0 Å². The highest BCUT2D eigenvalue weighted by molar-refractivity contribution is 6.94.